The molecule has 0 radical (unpaired) electrons. The molecule has 2 amide bonds. The second-order valence-corrected chi connectivity index (χ2v) is 4.22. The summed E-state index contributed by atoms with van der Waals surface area (Å²) in [6, 6.07) is 5.11. The van der Waals surface area contributed by atoms with Gasteiger partial charge in [0.2, 0.25) is 11.8 Å². The highest BCUT2D eigenvalue weighted by molar-refractivity contribution is 6.01. The average Bonchev–Trinajstić information content (AvgIpc) is 2.25. The van der Waals surface area contributed by atoms with Gasteiger partial charge in [-0.3, -0.25) is 14.9 Å². The maximum Gasteiger partial charge on any atom is 0.249 e. The van der Waals surface area contributed by atoms with E-state index in [-0.39, 0.29) is 17.9 Å². The molecule has 2 rings (SSSR count). The van der Waals surface area contributed by atoms with Crippen molar-refractivity contribution in [3.8, 4) is 0 Å². The zero-order valence-corrected chi connectivity index (χ0v) is 9.62. The van der Waals surface area contributed by atoms with Crippen LogP contribution in [0, 0.1) is 6.92 Å². The van der Waals surface area contributed by atoms with Gasteiger partial charge in [0.15, 0.2) is 0 Å². The molecular weight excluding hydrogens is 218 g/mol. The lowest BCUT2D eigenvalue weighted by molar-refractivity contribution is -0.133. The Kier molecular flexibility index (Phi) is 2.99. The van der Waals surface area contributed by atoms with E-state index in [4.69, 9.17) is 5.73 Å². The summed E-state index contributed by atoms with van der Waals surface area (Å²) in [5, 5.41) is 5.44. The first-order valence-corrected chi connectivity index (χ1v) is 5.52. The third-order valence-corrected chi connectivity index (χ3v) is 2.82. The standard InChI is InChI=1S/C12H15N3O2/c1-7-6-8(13)2-3-9(7)14-10-4-5-11(16)15-12(10)17/h2-3,6,10,14H,4-5,13H2,1H3,(H,15,16,17). The Morgan fingerprint density at radius 1 is 1.41 bits per heavy atom. The Morgan fingerprint density at radius 3 is 2.82 bits per heavy atom. The number of piperidine rings is 1. The van der Waals surface area contributed by atoms with Crippen LogP contribution in [0.2, 0.25) is 0 Å². The van der Waals surface area contributed by atoms with Crippen LogP contribution in [0.3, 0.4) is 0 Å². The SMILES string of the molecule is Cc1cc(N)ccc1NC1CCC(=O)NC1=O. The predicted octanol–water partition coefficient (Wildman–Crippen LogP) is 0.794. The number of carbonyl (C=O) groups is 2. The van der Waals surface area contributed by atoms with Crippen LogP contribution in [0.5, 0.6) is 0 Å². The fourth-order valence-corrected chi connectivity index (χ4v) is 1.87. The Bertz CT molecular complexity index is 471. The average molecular weight is 233 g/mol. The number of nitrogens with two attached hydrogens (primary N) is 1. The lowest BCUT2D eigenvalue weighted by atomic mass is 10.0. The van der Waals surface area contributed by atoms with Crippen molar-refractivity contribution in [2.75, 3.05) is 11.1 Å². The Hall–Kier alpha value is -2.04. The van der Waals surface area contributed by atoms with E-state index in [2.05, 4.69) is 10.6 Å². The predicted molar refractivity (Wildman–Crippen MR) is 65.4 cm³/mol. The molecule has 0 saturated carbocycles. The van der Waals surface area contributed by atoms with E-state index < -0.39 is 0 Å². The molecule has 1 saturated heterocycles. The van der Waals surface area contributed by atoms with Crippen molar-refractivity contribution in [3.05, 3.63) is 23.8 Å². The molecule has 5 nitrogen and oxygen atoms in total. The number of nitrogen functional groups attached to an aromatic ring is 1. The van der Waals surface area contributed by atoms with Crippen molar-refractivity contribution < 1.29 is 9.59 Å². The summed E-state index contributed by atoms with van der Waals surface area (Å²) in [5.41, 5.74) is 8.20. The third kappa shape index (κ3) is 2.55. The first-order valence-electron chi connectivity index (χ1n) is 5.52. The van der Waals surface area contributed by atoms with Crippen LogP contribution in [0.15, 0.2) is 18.2 Å². The zero-order valence-electron chi connectivity index (χ0n) is 9.62. The molecular formula is C12H15N3O2. The van der Waals surface area contributed by atoms with Crippen molar-refractivity contribution in [2.24, 2.45) is 0 Å². The van der Waals surface area contributed by atoms with Crippen molar-refractivity contribution >= 4 is 23.2 Å². The van der Waals surface area contributed by atoms with Gasteiger partial charge in [0.1, 0.15) is 6.04 Å². The van der Waals surface area contributed by atoms with Crippen LogP contribution < -0.4 is 16.4 Å². The highest BCUT2D eigenvalue weighted by atomic mass is 16.2. The molecule has 1 atom stereocenters. The van der Waals surface area contributed by atoms with E-state index in [1.807, 2.05) is 19.1 Å². The minimum Gasteiger partial charge on any atom is -0.399 e. The lowest BCUT2D eigenvalue weighted by Crippen LogP contribution is -2.47. The number of aryl methyl sites for hydroxylation is 1. The topological polar surface area (TPSA) is 84.2 Å². The fraction of sp³-hybridized carbons (Fsp3) is 0.333. The number of anilines is 2. The van der Waals surface area contributed by atoms with Gasteiger partial charge < -0.3 is 11.1 Å². The number of carbonyl (C=O) groups excluding carboxylic acids is 2. The Balaban J connectivity index is 2.10. The molecule has 5 heteroatoms. The summed E-state index contributed by atoms with van der Waals surface area (Å²) in [6.45, 7) is 1.92. The maximum atomic E-state index is 11.6. The number of hydrogen-bond acceptors (Lipinski definition) is 4. The zero-order chi connectivity index (χ0) is 12.4. The van der Waals surface area contributed by atoms with Gasteiger partial charge in [-0.1, -0.05) is 0 Å². The molecule has 1 aliphatic rings. The molecule has 17 heavy (non-hydrogen) atoms. The van der Waals surface area contributed by atoms with Gasteiger partial charge in [0.25, 0.3) is 0 Å². The summed E-state index contributed by atoms with van der Waals surface area (Å²) in [5.74, 6) is -0.473. The van der Waals surface area contributed by atoms with Crippen LogP contribution in [0.4, 0.5) is 11.4 Å². The van der Waals surface area contributed by atoms with E-state index in [1.165, 1.54) is 0 Å². The minimum absolute atomic E-state index is 0.206. The minimum atomic E-state index is -0.352. The largest absolute Gasteiger partial charge is 0.399 e. The van der Waals surface area contributed by atoms with Crippen LogP contribution in [0.1, 0.15) is 18.4 Å². The fourth-order valence-electron chi connectivity index (χ4n) is 1.87. The number of benzene rings is 1. The molecule has 0 aliphatic carbocycles. The molecule has 1 unspecified atom stereocenters. The highest BCUT2D eigenvalue weighted by Crippen LogP contribution is 2.20. The molecule has 1 aliphatic heterocycles. The van der Waals surface area contributed by atoms with E-state index >= 15 is 0 Å². The number of rotatable bonds is 2. The van der Waals surface area contributed by atoms with Gasteiger partial charge in [-0.25, -0.2) is 0 Å². The second kappa shape index (κ2) is 4.45. The number of hydrogen-bond donors (Lipinski definition) is 3. The molecule has 1 aromatic rings. The van der Waals surface area contributed by atoms with E-state index in [0.29, 0.717) is 18.5 Å². The number of imide groups is 1. The van der Waals surface area contributed by atoms with Crippen LogP contribution >= 0.6 is 0 Å². The molecule has 1 fully saturated rings. The second-order valence-electron chi connectivity index (χ2n) is 4.22. The molecule has 1 heterocycles. The van der Waals surface area contributed by atoms with Crippen molar-refractivity contribution in [3.63, 3.8) is 0 Å². The smallest absolute Gasteiger partial charge is 0.249 e. The normalized spacial score (nSPS) is 19.9. The molecule has 0 aromatic heterocycles. The molecule has 4 N–H and O–H groups in total. The Labute approximate surface area is 99.4 Å². The van der Waals surface area contributed by atoms with Gasteiger partial charge in [-0.15, -0.1) is 0 Å². The summed E-state index contributed by atoms with van der Waals surface area (Å²) in [4.78, 5) is 22.6. The maximum absolute atomic E-state index is 11.6. The van der Waals surface area contributed by atoms with Gasteiger partial charge in [-0.2, -0.15) is 0 Å². The quantitative estimate of drug-likeness (QED) is 0.521. The summed E-state index contributed by atoms with van der Waals surface area (Å²) < 4.78 is 0. The van der Waals surface area contributed by atoms with E-state index in [1.54, 1.807) is 6.07 Å². The summed E-state index contributed by atoms with van der Waals surface area (Å²) in [7, 11) is 0. The molecule has 0 spiro atoms. The van der Waals surface area contributed by atoms with E-state index in [0.717, 1.165) is 11.3 Å². The van der Waals surface area contributed by atoms with Crippen LogP contribution in [0.25, 0.3) is 0 Å². The number of nitrogens with one attached hydrogen (secondary N) is 2. The number of amides is 2. The lowest BCUT2D eigenvalue weighted by Gasteiger charge is -2.23. The van der Waals surface area contributed by atoms with Gasteiger partial charge in [-0.05, 0) is 37.1 Å². The first kappa shape index (κ1) is 11.4. The molecule has 0 bridgehead atoms. The third-order valence-electron chi connectivity index (χ3n) is 2.82. The highest BCUT2D eigenvalue weighted by Gasteiger charge is 2.26. The van der Waals surface area contributed by atoms with Gasteiger partial charge >= 0.3 is 0 Å². The van der Waals surface area contributed by atoms with Crippen molar-refractivity contribution in [2.45, 2.75) is 25.8 Å². The van der Waals surface area contributed by atoms with Crippen molar-refractivity contribution in [1.82, 2.24) is 5.32 Å². The van der Waals surface area contributed by atoms with Gasteiger partial charge in [0.05, 0.1) is 0 Å². The first-order chi connectivity index (χ1) is 8.06. The summed E-state index contributed by atoms with van der Waals surface area (Å²) >= 11 is 0. The monoisotopic (exact) mass is 233 g/mol. The molecule has 90 valence electrons. The van der Waals surface area contributed by atoms with Gasteiger partial charge in [0, 0.05) is 17.8 Å². The van der Waals surface area contributed by atoms with Crippen LogP contribution in [-0.2, 0) is 9.59 Å². The van der Waals surface area contributed by atoms with E-state index in [9.17, 15) is 9.59 Å². The van der Waals surface area contributed by atoms with Crippen LogP contribution in [-0.4, -0.2) is 17.9 Å². The summed E-state index contributed by atoms with van der Waals surface area (Å²) in [6.07, 6.45) is 0.895. The Morgan fingerprint density at radius 2 is 2.18 bits per heavy atom. The molecule has 1 aromatic carbocycles. The van der Waals surface area contributed by atoms with Crippen molar-refractivity contribution in [1.29, 1.82) is 0 Å².